The van der Waals surface area contributed by atoms with Crippen LogP contribution < -0.4 is 9.46 Å². The number of ether oxygens (including phenoxy) is 1. The van der Waals surface area contributed by atoms with Crippen molar-refractivity contribution in [3.63, 3.8) is 0 Å². The number of benzene rings is 3. The van der Waals surface area contributed by atoms with Crippen LogP contribution in [0, 0.1) is 0 Å². The molecular weight excluding hydrogens is 374 g/mol. The van der Waals surface area contributed by atoms with Crippen LogP contribution in [-0.2, 0) is 10.0 Å². The van der Waals surface area contributed by atoms with Gasteiger partial charge in [0.05, 0.1) is 18.0 Å². The summed E-state index contributed by atoms with van der Waals surface area (Å²) in [5, 5.41) is 0. The van der Waals surface area contributed by atoms with Gasteiger partial charge >= 0.3 is 0 Å². The molecular formula is C22H21NO4S. The maximum atomic E-state index is 12.9. The van der Waals surface area contributed by atoms with Gasteiger partial charge in [-0.3, -0.25) is 4.79 Å². The summed E-state index contributed by atoms with van der Waals surface area (Å²) in [6.45, 7) is 0. The van der Waals surface area contributed by atoms with E-state index in [4.69, 9.17) is 4.74 Å². The number of hydrogen-bond donors (Lipinski definition) is 1. The molecule has 1 N–H and O–H groups in total. The van der Waals surface area contributed by atoms with Crippen LogP contribution in [0.3, 0.4) is 0 Å². The Morgan fingerprint density at radius 3 is 2.04 bits per heavy atom. The molecule has 0 fully saturated rings. The molecule has 0 heterocycles. The fourth-order valence-electron chi connectivity index (χ4n) is 2.85. The quantitative estimate of drug-likeness (QED) is 0.586. The van der Waals surface area contributed by atoms with Gasteiger partial charge in [0.15, 0.2) is 5.78 Å². The highest BCUT2D eigenvalue weighted by Gasteiger charge is 2.24. The van der Waals surface area contributed by atoms with E-state index in [-0.39, 0.29) is 17.1 Å². The largest absolute Gasteiger partial charge is 0.497 e. The first kappa shape index (κ1) is 19.8. The molecule has 0 aliphatic heterocycles. The van der Waals surface area contributed by atoms with Gasteiger partial charge in [-0.15, -0.1) is 0 Å². The summed E-state index contributed by atoms with van der Waals surface area (Å²) >= 11 is 0. The summed E-state index contributed by atoms with van der Waals surface area (Å²) in [5.41, 5.74) is 1.27. The second kappa shape index (κ2) is 8.82. The van der Waals surface area contributed by atoms with Crippen molar-refractivity contribution in [2.24, 2.45) is 0 Å². The van der Waals surface area contributed by atoms with E-state index in [0.717, 1.165) is 5.56 Å². The van der Waals surface area contributed by atoms with Gasteiger partial charge in [0.25, 0.3) is 0 Å². The molecule has 3 aromatic carbocycles. The molecule has 0 saturated carbocycles. The maximum absolute atomic E-state index is 12.9. The van der Waals surface area contributed by atoms with Gasteiger partial charge in [-0.25, -0.2) is 13.1 Å². The minimum Gasteiger partial charge on any atom is -0.497 e. The van der Waals surface area contributed by atoms with Gasteiger partial charge in [0.2, 0.25) is 10.0 Å². The predicted octanol–water partition coefficient (Wildman–Crippen LogP) is 3.99. The molecule has 1 unspecified atom stereocenters. The molecule has 28 heavy (non-hydrogen) atoms. The molecule has 0 aliphatic rings. The fourth-order valence-corrected chi connectivity index (χ4v) is 4.07. The zero-order chi connectivity index (χ0) is 20.0. The molecule has 0 amide bonds. The fraction of sp³-hybridized carbons (Fsp3) is 0.136. The standard InChI is InChI=1S/C22H21NO4S/c1-27-19-12-14-20(15-13-19)28(25,26)23-21(17-8-4-2-5-9-17)16-22(24)18-10-6-3-7-11-18/h2-15,21,23H,16H2,1H3. The van der Waals surface area contributed by atoms with Crippen LogP contribution >= 0.6 is 0 Å². The van der Waals surface area contributed by atoms with Gasteiger partial charge in [0.1, 0.15) is 5.75 Å². The molecule has 6 heteroatoms. The Kier molecular flexibility index (Phi) is 6.23. The van der Waals surface area contributed by atoms with E-state index < -0.39 is 16.1 Å². The summed E-state index contributed by atoms with van der Waals surface area (Å²) < 4.78 is 33.5. The number of rotatable bonds is 8. The monoisotopic (exact) mass is 395 g/mol. The highest BCUT2D eigenvalue weighted by molar-refractivity contribution is 7.89. The van der Waals surface area contributed by atoms with Gasteiger partial charge < -0.3 is 4.74 Å². The molecule has 144 valence electrons. The van der Waals surface area contributed by atoms with Crippen molar-refractivity contribution in [2.45, 2.75) is 17.4 Å². The Balaban J connectivity index is 1.87. The van der Waals surface area contributed by atoms with Crippen molar-refractivity contribution in [3.8, 4) is 5.75 Å². The molecule has 0 bridgehead atoms. The molecule has 0 aromatic heterocycles. The smallest absolute Gasteiger partial charge is 0.241 e. The zero-order valence-corrected chi connectivity index (χ0v) is 16.2. The number of carbonyl (C=O) groups excluding carboxylic acids is 1. The second-order valence-electron chi connectivity index (χ2n) is 6.25. The van der Waals surface area contributed by atoms with E-state index >= 15 is 0 Å². The lowest BCUT2D eigenvalue weighted by Gasteiger charge is -2.19. The molecule has 0 aliphatic carbocycles. The zero-order valence-electron chi connectivity index (χ0n) is 15.4. The lowest BCUT2D eigenvalue weighted by atomic mass is 9.99. The summed E-state index contributed by atoms with van der Waals surface area (Å²) in [4.78, 5) is 12.8. The molecule has 0 radical (unpaired) electrons. The minimum absolute atomic E-state index is 0.0173. The van der Waals surface area contributed by atoms with E-state index in [9.17, 15) is 13.2 Å². The van der Waals surface area contributed by atoms with Crippen molar-refractivity contribution < 1.29 is 17.9 Å². The summed E-state index contributed by atoms with van der Waals surface area (Å²) in [7, 11) is -2.30. The Labute approximate surface area is 165 Å². The van der Waals surface area contributed by atoms with Crippen molar-refractivity contribution in [1.29, 1.82) is 0 Å². The Morgan fingerprint density at radius 2 is 1.46 bits per heavy atom. The summed E-state index contributed by atoms with van der Waals surface area (Å²) in [6.07, 6.45) is 0.0173. The lowest BCUT2D eigenvalue weighted by molar-refractivity contribution is 0.0972. The normalized spacial score (nSPS) is 12.3. The number of methoxy groups -OCH3 is 1. The minimum atomic E-state index is -3.82. The van der Waals surface area contributed by atoms with Crippen LogP contribution in [0.4, 0.5) is 0 Å². The average molecular weight is 395 g/mol. The van der Waals surface area contributed by atoms with Gasteiger partial charge in [-0.05, 0) is 29.8 Å². The number of hydrogen-bond acceptors (Lipinski definition) is 4. The summed E-state index contributed by atoms with van der Waals surface area (Å²) in [5.74, 6) is 0.435. The number of ketones is 1. The van der Waals surface area contributed by atoms with Crippen molar-refractivity contribution in [2.75, 3.05) is 7.11 Å². The number of carbonyl (C=O) groups is 1. The lowest BCUT2D eigenvalue weighted by Crippen LogP contribution is -2.30. The Morgan fingerprint density at radius 1 is 0.893 bits per heavy atom. The highest BCUT2D eigenvalue weighted by Crippen LogP contribution is 2.23. The third-order valence-corrected chi connectivity index (χ3v) is 5.84. The van der Waals surface area contributed by atoms with Crippen molar-refractivity contribution >= 4 is 15.8 Å². The number of nitrogens with one attached hydrogen (secondary N) is 1. The van der Waals surface area contributed by atoms with Crippen LogP contribution in [0.25, 0.3) is 0 Å². The van der Waals surface area contributed by atoms with Crippen molar-refractivity contribution in [1.82, 2.24) is 4.72 Å². The van der Waals surface area contributed by atoms with Crippen LogP contribution in [0.15, 0.2) is 89.8 Å². The van der Waals surface area contributed by atoms with Crippen LogP contribution in [-0.4, -0.2) is 21.3 Å². The molecule has 5 nitrogen and oxygen atoms in total. The topological polar surface area (TPSA) is 72.5 Å². The highest BCUT2D eigenvalue weighted by atomic mass is 32.2. The van der Waals surface area contributed by atoms with Crippen LogP contribution in [0.5, 0.6) is 5.75 Å². The molecule has 0 spiro atoms. The first-order valence-corrected chi connectivity index (χ1v) is 10.3. The second-order valence-corrected chi connectivity index (χ2v) is 7.97. The molecule has 1 atom stereocenters. The maximum Gasteiger partial charge on any atom is 0.241 e. The number of Topliss-reactive ketones (excluding diaryl/α,β-unsaturated/α-hetero) is 1. The average Bonchev–Trinajstić information content (AvgIpc) is 2.74. The molecule has 0 saturated heterocycles. The first-order valence-electron chi connectivity index (χ1n) is 8.79. The van der Waals surface area contributed by atoms with Crippen molar-refractivity contribution in [3.05, 3.63) is 96.1 Å². The van der Waals surface area contributed by atoms with Gasteiger partial charge in [-0.2, -0.15) is 0 Å². The van der Waals surface area contributed by atoms with E-state index in [1.165, 1.54) is 19.2 Å². The first-order chi connectivity index (χ1) is 13.5. The molecule has 3 rings (SSSR count). The third kappa shape index (κ3) is 4.85. The third-order valence-electron chi connectivity index (χ3n) is 4.35. The van der Waals surface area contributed by atoms with E-state index in [1.54, 1.807) is 48.5 Å². The van der Waals surface area contributed by atoms with Gasteiger partial charge in [-0.1, -0.05) is 60.7 Å². The van der Waals surface area contributed by atoms with Gasteiger partial charge in [0, 0.05) is 12.0 Å². The SMILES string of the molecule is COc1ccc(S(=O)(=O)NC(CC(=O)c2ccccc2)c2ccccc2)cc1. The Hall–Kier alpha value is -2.96. The number of sulfonamides is 1. The Bertz CT molecular complexity index is 1020. The van der Waals surface area contributed by atoms with E-state index in [1.807, 2.05) is 24.3 Å². The van der Waals surface area contributed by atoms with Crippen LogP contribution in [0.1, 0.15) is 28.4 Å². The predicted molar refractivity (Wildman–Crippen MR) is 108 cm³/mol. The summed E-state index contributed by atoms with van der Waals surface area (Å²) in [6, 6.07) is 23.4. The molecule has 3 aromatic rings. The van der Waals surface area contributed by atoms with Crippen LogP contribution in [0.2, 0.25) is 0 Å². The van der Waals surface area contributed by atoms with E-state index in [0.29, 0.717) is 11.3 Å². The van der Waals surface area contributed by atoms with E-state index in [2.05, 4.69) is 4.72 Å².